The van der Waals surface area contributed by atoms with Crippen LogP contribution in [-0.2, 0) is 0 Å². The summed E-state index contributed by atoms with van der Waals surface area (Å²) in [5.41, 5.74) is 0. The molecule has 4 unspecified atom stereocenters. The van der Waals surface area contributed by atoms with Crippen LogP contribution >= 0.6 is 0 Å². The second-order valence-corrected chi connectivity index (χ2v) is 7.05. The Kier molecular flexibility index (Phi) is 3.75. The van der Waals surface area contributed by atoms with Gasteiger partial charge in [-0.2, -0.15) is 0 Å². The molecule has 0 spiro atoms. The standard InChI is InChI=1S/C16H28O/c17-16(8-6-12-3-1-2-4-12)11-15-10-13-5-7-14(15)9-13/h12-17H,1-11H2. The molecule has 1 nitrogen and oxygen atoms in total. The van der Waals surface area contributed by atoms with Crippen molar-refractivity contribution in [3.63, 3.8) is 0 Å². The molecule has 0 radical (unpaired) electrons. The van der Waals surface area contributed by atoms with Gasteiger partial charge in [-0.3, -0.25) is 0 Å². The predicted molar refractivity (Wildman–Crippen MR) is 70.8 cm³/mol. The second kappa shape index (κ2) is 5.30. The van der Waals surface area contributed by atoms with Gasteiger partial charge < -0.3 is 5.11 Å². The summed E-state index contributed by atoms with van der Waals surface area (Å²) in [6.45, 7) is 0. The lowest BCUT2D eigenvalue weighted by Crippen LogP contribution is -2.19. The first-order chi connectivity index (χ1) is 8.31. The van der Waals surface area contributed by atoms with E-state index in [1.807, 2.05) is 0 Å². The van der Waals surface area contributed by atoms with Gasteiger partial charge in [-0.1, -0.05) is 32.1 Å². The van der Waals surface area contributed by atoms with Crippen LogP contribution in [0.5, 0.6) is 0 Å². The molecule has 0 aromatic heterocycles. The fourth-order valence-corrected chi connectivity index (χ4v) is 4.86. The molecule has 2 bridgehead atoms. The topological polar surface area (TPSA) is 20.2 Å². The minimum absolute atomic E-state index is 0.0138. The Labute approximate surface area is 106 Å². The zero-order chi connectivity index (χ0) is 11.7. The Morgan fingerprint density at radius 2 is 1.82 bits per heavy atom. The first kappa shape index (κ1) is 12.0. The Hall–Kier alpha value is -0.0400. The largest absolute Gasteiger partial charge is 0.393 e. The van der Waals surface area contributed by atoms with Crippen molar-refractivity contribution in [1.82, 2.24) is 0 Å². The maximum atomic E-state index is 10.2. The fraction of sp³-hybridized carbons (Fsp3) is 1.00. The highest BCUT2D eigenvalue weighted by atomic mass is 16.3. The van der Waals surface area contributed by atoms with Gasteiger partial charge in [0.25, 0.3) is 0 Å². The van der Waals surface area contributed by atoms with E-state index in [2.05, 4.69) is 0 Å². The summed E-state index contributed by atoms with van der Waals surface area (Å²) < 4.78 is 0. The molecule has 3 saturated carbocycles. The minimum Gasteiger partial charge on any atom is -0.393 e. The van der Waals surface area contributed by atoms with E-state index in [9.17, 15) is 5.11 Å². The lowest BCUT2D eigenvalue weighted by atomic mass is 9.83. The third-order valence-corrected chi connectivity index (χ3v) is 5.84. The highest BCUT2D eigenvalue weighted by Crippen LogP contribution is 2.50. The fourth-order valence-electron chi connectivity index (χ4n) is 4.86. The van der Waals surface area contributed by atoms with Crippen molar-refractivity contribution in [2.45, 2.75) is 76.7 Å². The monoisotopic (exact) mass is 236 g/mol. The Morgan fingerprint density at radius 1 is 1.00 bits per heavy atom. The molecule has 1 heteroatoms. The first-order valence-corrected chi connectivity index (χ1v) is 7.99. The SMILES string of the molecule is OC(CCC1CCCC1)CC1CC2CCC1C2. The van der Waals surface area contributed by atoms with Crippen LogP contribution in [0.2, 0.25) is 0 Å². The van der Waals surface area contributed by atoms with E-state index in [-0.39, 0.29) is 6.10 Å². The van der Waals surface area contributed by atoms with Crippen LogP contribution in [0.4, 0.5) is 0 Å². The average Bonchev–Trinajstić information content (AvgIpc) is 3.03. The van der Waals surface area contributed by atoms with Crippen LogP contribution in [0.3, 0.4) is 0 Å². The van der Waals surface area contributed by atoms with Crippen molar-refractivity contribution >= 4 is 0 Å². The van der Waals surface area contributed by atoms with Crippen LogP contribution in [0.25, 0.3) is 0 Å². The van der Waals surface area contributed by atoms with Crippen LogP contribution in [0.1, 0.15) is 70.6 Å². The number of hydrogen-bond donors (Lipinski definition) is 1. The van der Waals surface area contributed by atoms with Gasteiger partial charge in [-0.25, -0.2) is 0 Å². The molecule has 3 rings (SSSR count). The van der Waals surface area contributed by atoms with Crippen LogP contribution in [0, 0.1) is 23.7 Å². The summed E-state index contributed by atoms with van der Waals surface area (Å²) in [5, 5.41) is 10.2. The quantitative estimate of drug-likeness (QED) is 0.760. The van der Waals surface area contributed by atoms with E-state index >= 15 is 0 Å². The summed E-state index contributed by atoms with van der Waals surface area (Å²) in [6, 6.07) is 0. The van der Waals surface area contributed by atoms with E-state index in [1.165, 1.54) is 57.8 Å². The summed E-state index contributed by atoms with van der Waals surface area (Å²) in [6.07, 6.45) is 15.1. The lowest BCUT2D eigenvalue weighted by Gasteiger charge is -2.24. The Bertz CT molecular complexity index is 244. The van der Waals surface area contributed by atoms with Gasteiger partial charge in [0.2, 0.25) is 0 Å². The van der Waals surface area contributed by atoms with Gasteiger partial charge in [-0.15, -0.1) is 0 Å². The molecule has 0 aliphatic heterocycles. The molecular formula is C16H28O. The lowest BCUT2D eigenvalue weighted by molar-refractivity contribution is 0.109. The first-order valence-electron chi connectivity index (χ1n) is 7.99. The van der Waals surface area contributed by atoms with E-state index < -0.39 is 0 Å². The van der Waals surface area contributed by atoms with Crippen molar-refractivity contribution in [1.29, 1.82) is 0 Å². The van der Waals surface area contributed by atoms with E-state index in [0.29, 0.717) is 0 Å². The molecule has 0 amide bonds. The highest BCUT2D eigenvalue weighted by molar-refractivity contribution is 4.90. The van der Waals surface area contributed by atoms with Crippen molar-refractivity contribution in [2.75, 3.05) is 0 Å². The minimum atomic E-state index is 0.0138. The molecule has 3 fully saturated rings. The molecule has 1 N–H and O–H groups in total. The molecule has 0 aromatic rings. The smallest absolute Gasteiger partial charge is 0.0543 e. The maximum absolute atomic E-state index is 10.2. The molecule has 98 valence electrons. The Balaban J connectivity index is 1.36. The summed E-state index contributed by atoms with van der Waals surface area (Å²) >= 11 is 0. The second-order valence-electron chi connectivity index (χ2n) is 7.05. The summed E-state index contributed by atoms with van der Waals surface area (Å²) in [5.74, 6) is 3.85. The van der Waals surface area contributed by atoms with Crippen LogP contribution in [-0.4, -0.2) is 11.2 Å². The maximum Gasteiger partial charge on any atom is 0.0543 e. The third-order valence-electron chi connectivity index (χ3n) is 5.84. The van der Waals surface area contributed by atoms with Gasteiger partial charge in [0.05, 0.1) is 6.10 Å². The van der Waals surface area contributed by atoms with Crippen molar-refractivity contribution < 1.29 is 5.11 Å². The van der Waals surface area contributed by atoms with Crippen molar-refractivity contribution in [2.24, 2.45) is 23.7 Å². The van der Waals surface area contributed by atoms with Crippen molar-refractivity contribution in [3.05, 3.63) is 0 Å². The van der Waals surface area contributed by atoms with Crippen molar-refractivity contribution in [3.8, 4) is 0 Å². The van der Waals surface area contributed by atoms with Gasteiger partial charge in [0, 0.05) is 0 Å². The number of fused-ring (bicyclic) bond motifs is 2. The van der Waals surface area contributed by atoms with Gasteiger partial charge in [-0.05, 0) is 62.2 Å². The third kappa shape index (κ3) is 2.86. The molecule has 3 aliphatic carbocycles. The molecule has 4 atom stereocenters. The molecule has 0 heterocycles. The van der Waals surface area contributed by atoms with E-state index in [1.54, 1.807) is 0 Å². The molecular weight excluding hydrogens is 208 g/mol. The van der Waals surface area contributed by atoms with E-state index in [4.69, 9.17) is 0 Å². The number of hydrogen-bond acceptors (Lipinski definition) is 1. The zero-order valence-electron chi connectivity index (χ0n) is 11.1. The predicted octanol–water partition coefficient (Wildman–Crippen LogP) is 4.14. The van der Waals surface area contributed by atoms with Gasteiger partial charge in [0.1, 0.15) is 0 Å². The highest BCUT2D eigenvalue weighted by Gasteiger charge is 2.39. The van der Waals surface area contributed by atoms with Crippen LogP contribution < -0.4 is 0 Å². The Morgan fingerprint density at radius 3 is 2.47 bits per heavy atom. The molecule has 3 aliphatic rings. The normalized spacial score (nSPS) is 39.0. The molecule has 17 heavy (non-hydrogen) atoms. The van der Waals surface area contributed by atoms with Gasteiger partial charge in [0.15, 0.2) is 0 Å². The number of aliphatic hydroxyl groups is 1. The number of rotatable bonds is 5. The van der Waals surface area contributed by atoms with E-state index in [0.717, 1.165) is 36.5 Å². The number of aliphatic hydroxyl groups excluding tert-OH is 1. The zero-order valence-corrected chi connectivity index (χ0v) is 11.1. The summed E-state index contributed by atoms with van der Waals surface area (Å²) in [4.78, 5) is 0. The van der Waals surface area contributed by atoms with Gasteiger partial charge >= 0.3 is 0 Å². The molecule has 0 saturated heterocycles. The molecule has 0 aromatic carbocycles. The van der Waals surface area contributed by atoms with Crippen LogP contribution in [0.15, 0.2) is 0 Å². The summed E-state index contributed by atoms with van der Waals surface area (Å²) in [7, 11) is 0. The average molecular weight is 236 g/mol.